The van der Waals surface area contributed by atoms with Crippen LogP contribution in [0.25, 0.3) is 0 Å². The summed E-state index contributed by atoms with van der Waals surface area (Å²) >= 11 is 3.28. The van der Waals surface area contributed by atoms with E-state index < -0.39 is 10.0 Å². The van der Waals surface area contributed by atoms with E-state index in [9.17, 15) is 8.42 Å². The Hall–Kier alpha value is -0.900. The second-order valence-electron chi connectivity index (χ2n) is 4.21. The van der Waals surface area contributed by atoms with Gasteiger partial charge in [0.1, 0.15) is 0 Å². The van der Waals surface area contributed by atoms with Gasteiger partial charge in [-0.15, -0.1) is 0 Å². The van der Waals surface area contributed by atoms with Crippen LogP contribution in [0.1, 0.15) is 19.3 Å². The summed E-state index contributed by atoms with van der Waals surface area (Å²) in [4.78, 5) is 0.288. The molecule has 4 nitrogen and oxygen atoms in total. The van der Waals surface area contributed by atoms with Gasteiger partial charge >= 0.3 is 0 Å². The molecule has 0 unspecified atom stereocenters. The highest BCUT2D eigenvalue weighted by Gasteiger charge is 2.37. The fourth-order valence-corrected chi connectivity index (χ4v) is 3.71. The Labute approximate surface area is 115 Å². The molecular formula is C12H13BrN2O2S. The van der Waals surface area contributed by atoms with Crippen LogP contribution in [0.5, 0.6) is 0 Å². The smallest absolute Gasteiger partial charge is 0.207 e. The fraction of sp³-hybridized carbons (Fsp3) is 0.417. The van der Waals surface area contributed by atoms with Gasteiger partial charge in [-0.3, -0.25) is 0 Å². The maximum absolute atomic E-state index is 12.4. The van der Waals surface area contributed by atoms with Crippen molar-refractivity contribution >= 4 is 26.0 Å². The molecule has 1 aromatic rings. The average Bonchev–Trinajstić information content (AvgIpc) is 3.14. The topological polar surface area (TPSA) is 61.2 Å². The van der Waals surface area contributed by atoms with Crippen LogP contribution in [-0.2, 0) is 10.0 Å². The molecule has 1 aliphatic rings. The summed E-state index contributed by atoms with van der Waals surface area (Å²) in [6, 6.07) is 8.67. The van der Waals surface area contributed by atoms with E-state index in [1.807, 2.05) is 6.07 Å². The van der Waals surface area contributed by atoms with Gasteiger partial charge in [0.2, 0.25) is 10.0 Å². The van der Waals surface area contributed by atoms with E-state index in [0.29, 0.717) is 0 Å². The van der Waals surface area contributed by atoms with Gasteiger partial charge in [0.05, 0.1) is 11.0 Å². The summed E-state index contributed by atoms with van der Waals surface area (Å²) in [5.74, 6) is 0. The van der Waals surface area contributed by atoms with E-state index in [-0.39, 0.29) is 23.9 Å². The molecule has 0 aliphatic heterocycles. The molecule has 6 heteroatoms. The van der Waals surface area contributed by atoms with E-state index >= 15 is 0 Å². The highest BCUT2D eigenvalue weighted by atomic mass is 79.9. The van der Waals surface area contributed by atoms with Crippen LogP contribution in [0, 0.1) is 11.3 Å². The number of nitrogens with zero attached hydrogens (tertiary/aromatic N) is 2. The number of hydrogen-bond acceptors (Lipinski definition) is 3. The first-order valence-electron chi connectivity index (χ1n) is 5.70. The van der Waals surface area contributed by atoms with Crippen molar-refractivity contribution in [3.8, 4) is 6.07 Å². The third-order valence-electron chi connectivity index (χ3n) is 2.82. The molecule has 0 atom stereocenters. The Morgan fingerprint density at radius 3 is 2.44 bits per heavy atom. The molecule has 0 saturated heterocycles. The second kappa shape index (κ2) is 5.39. The maximum atomic E-state index is 12.4. The predicted octanol–water partition coefficient (Wildman–Crippen LogP) is 2.52. The van der Waals surface area contributed by atoms with E-state index in [2.05, 4.69) is 15.9 Å². The van der Waals surface area contributed by atoms with Crippen molar-refractivity contribution in [1.82, 2.24) is 4.31 Å². The van der Waals surface area contributed by atoms with Crippen molar-refractivity contribution in [2.75, 3.05) is 6.54 Å². The van der Waals surface area contributed by atoms with Gasteiger partial charge in [-0.1, -0.05) is 15.9 Å². The third kappa shape index (κ3) is 2.91. The zero-order valence-electron chi connectivity index (χ0n) is 9.71. The van der Waals surface area contributed by atoms with E-state index in [4.69, 9.17) is 5.26 Å². The van der Waals surface area contributed by atoms with Crippen LogP contribution in [-0.4, -0.2) is 25.3 Å². The first-order chi connectivity index (χ1) is 8.55. The first kappa shape index (κ1) is 13.5. The fourth-order valence-electron chi connectivity index (χ4n) is 1.76. The van der Waals surface area contributed by atoms with Gasteiger partial charge in [-0.2, -0.15) is 9.57 Å². The predicted molar refractivity (Wildman–Crippen MR) is 71.3 cm³/mol. The third-order valence-corrected chi connectivity index (χ3v) is 5.31. The summed E-state index contributed by atoms with van der Waals surface area (Å²) in [5, 5.41) is 8.61. The lowest BCUT2D eigenvalue weighted by Crippen LogP contribution is -2.33. The molecule has 0 aromatic heterocycles. The summed E-state index contributed by atoms with van der Waals surface area (Å²) in [6.07, 6.45) is 2.01. The average molecular weight is 329 g/mol. The summed E-state index contributed by atoms with van der Waals surface area (Å²) < 4.78 is 27.2. The minimum absolute atomic E-state index is 0.0759. The maximum Gasteiger partial charge on any atom is 0.243 e. The van der Waals surface area contributed by atoms with Crippen molar-refractivity contribution in [3.05, 3.63) is 28.7 Å². The number of benzene rings is 1. The Kier molecular flexibility index (Phi) is 4.05. The molecule has 0 heterocycles. The van der Waals surface area contributed by atoms with Crippen molar-refractivity contribution in [2.24, 2.45) is 0 Å². The molecule has 0 N–H and O–H groups in total. The minimum atomic E-state index is -3.47. The van der Waals surface area contributed by atoms with Crippen LogP contribution in [0.15, 0.2) is 33.6 Å². The molecule has 1 aliphatic carbocycles. The largest absolute Gasteiger partial charge is 0.243 e. The van der Waals surface area contributed by atoms with Gasteiger partial charge in [0.25, 0.3) is 0 Å². The minimum Gasteiger partial charge on any atom is -0.207 e. The number of rotatable bonds is 5. The quantitative estimate of drug-likeness (QED) is 0.834. The Balaban J connectivity index is 2.27. The molecule has 0 spiro atoms. The van der Waals surface area contributed by atoms with Crippen LogP contribution in [0.3, 0.4) is 0 Å². The normalized spacial score (nSPS) is 15.6. The zero-order valence-corrected chi connectivity index (χ0v) is 12.1. The van der Waals surface area contributed by atoms with Crippen LogP contribution >= 0.6 is 15.9 Å². The summed E-state index contributed by atoms with van der Waals surface area (Å²) in [5.41, 5.74) is 0. The monoisotopic (exact) mass is 328 g/mol. The number of sulfonamides is 1. The number of halogens is 1. The number of nitriles is 1. The number of hydrogen-bond donors (Lipinski definition) is 0. The van der Waals surface area contributed by atoms with Crippen molar-refractivity contribution in [3.63, 3.8) is 0 Å². The van der Waals surface area contributed by atoms with Crippen molar-refractivity contribution in [1.29, 1.82) is 5.26 Å². The van der Waals surface area contributed by atoms with E-state index in [1.165, 1.54) is 4.31 Å². The Morgan fingerprint density at radius 2 is 1.94 bits per heavy atom. The molecule has 0 radical (unpaired) electrons. The van der Waals surface area contributed by atoms with Gasteiger partial charge in [-0.25, -0.2) is 8.42 Å². The molecule has 18 heavy (non-hydrogen) atoms. The van der Waals surface area contributed by atoms with E-state index in [1.54, 1.807) is 24.3 Å². The molecule has 0 bridgehead atoms. The lowest BCUT2D eigenvalue weighted by atomic mass is 10.4. The second-order valence-corrected chi connectivity index (χ2v) is 7.02. The molecule has 96 valence electrons. The first-order valence-corrected chi connectivity index (χ1v) is 7.93. The lowest BCUT2D eigenvalue weighted by Gasteiger charge is -2.20. The highest BCUT2D eigenvalue weighted by molar-refractivity contribution is 9.10. The standard InChI is InChI=1S/C12H13BrN2O2S/c13-10-2-6-12(7-3-10)18(16,17)15(9-1-8-14)11-4-5-11/h2-3,6-7,11H,1,4-5,9H2. The van der Waals surface area contributed by atoms with Gasteiger partial charge in [-0.05, 0) is 37.1 Å². The molecule has 1 fully saturated rings. The van der Waals surface area contributed by atoms with Crippen LogP contribution in [0.2, 0.25) is 0 Å². The molecule has 2 rings (SSSR count). The Bertz CT molecular complexity index is 559. The van der Waals surface area contributed by atoms with Crippen LogP contribution < -0.4 is 0 Å². The Morgan fingerprint density at radius 1 is 1.33 bits per heavy atom. The molecule has 0 amide bonds. The van der Waals surface area contributed by atoms with Crippen LogP contribution in [0.4, 0.5) is 0 Å². The van der Waals surface area contributed by atoms with Crippen molar-refractivity contribution < 1.29 is 8.42 Å². The lowest BCUT2D eigenvalue weighted by molar-refractivity contribution is 0.411. The van der Waals surface area contributed by atoms with Gasteiger partial charge < -0.3 is 0 Å². The zero-order chi connectivity index (χ0) is 13.2. The van der Waals surface area contributed by atoms with Crippen molar-refractivity contribution in [2.45, 2.75) is 30.2 Å². The van der Waals surface area contributed by atoms with E-state index in [0.717, 1.165) is 17.3 Å². The molecular weight excluding hydrogens is 316 g/mol. The summed E-state index contributed by atoms with van der Waals surface area (Å²) in [7, 11) is -3.47. The molecule has 1 aromatic carbocycles. The highest BCUT2D eigenvalue weighted by Crippen LogP contribution is 2.32. The van der Waals surface area contributed by atoms with Gasteiger partial charge in [0, 0.05) is 23.5 Å². The summed E-state index contributed by atoms with van der Waals surface area (Å²) in [6.45, 7) is 0.277. The van der Waals surface area contributed by atoms with Gasteiger partial charge in [0.15, 0.2) is 0 Å². The molecule has 1 saturated carbocycles. The SMILES string of the molecule is N#CCCN(C1CC1)S(=O)(=O)c1ccc(Br)cc1.